The fourth-order valence-electron chi connectivity index (χ4n) is 2.72. The molecule has 1 N–H and O–H groups in total. The lowest BCUT2D eigenvalue weighted by molar-refractivity contribution is -0.137. The van der Waals surface area contributed by atoms with Crippen LogP contribution in [-0.4, -0.2) is 45.2 Å². The third-order valence-electron chi connectivity index (χ3n) is 4.05. The highest BCUT2D eigenvalue weighted by molar-refractivity contribution is 5.66. The summed E-state index contributed by atoms with van der Waals surface area (Å²) in [6, 6.07) is 0. The number of likely N-dealkylation sites (tertiary alicyclic amines) is 1. The van der Waals surface area contributed by atoms with Crippen molar-refractivity contribution < 1.29 is 9.90 Å². The predicted octanol–water partition coefficient (Wildman–Crippen LogP) is 1.54. The number of aliphatic carboxylic acids is 1. The van der Waals surface area contributed by atoms with Gasteiger partial charge < -0.3 is 14.6 Å². The number of piperidine rings is 1. The number of carboxylic acid groups (broad SMARTS) is 1. The second-order valence-electron chi connectivity index (χ2n) is 5.42. The molecule has 19 heavy (non-hydrogen) atoms. The molecule has 0 saturated carbocycles. The summed E-state index contributed by atoms with van der Waals surface area (Å²) in [5.74, 6) is 1.06. The van der Waals surface area contributed by atoms with E-state index in [0.717, 1.165) is 51.1 Å². The minimum atomic E-state index is -0.669. The standard InChI is InChI=1S/C14H23N3O2/c1-16-11-7-15-13(16)6-10-17-8-4-12(5-9-17)2-3-14(18)19/h7,11-12H,2-6,8-10H2,1H3,(H,18,19). The molecule has 1 saturated heterocycles. The normalized spacial score (nSPS) is 17.7. The van der Waals surface area contributed by atoms with Gasteiger partial charge in [-0.3, -0.25) is 4.79 Å². The first-order valence-electron chi connectivity index (χ1n) is 7.05. The molecule has 5 nitrogen and oxygen atoms in total. The van der Waals surface area contributed by atoms with E-state index in [0.29, 0.717) is 12.3 Å². The minimum absolute atomic E-state index is 0.317. The lowest BCUT2D eigenvalue weighted by atomic mass is 9.92. The summed E-state index contributed by atoms with van der Waals surface area (Å²) in [4.78, 5) is 17.4. The molecule has 1 fully saturated rings. The molecule has 0 amide bonds. The quantitative estimate of drug-likeness (QED) is 0.847. The molecule has 1 aromatic heterocycles. The van der Waals surface area contributed by atoms with Crippen LogP contribution in [0.2, 0.25) is 0 Å². The second kappa shape index (κ2) is 6.70. The summed E-state index contributed by atoms with van der Waals surface area (Å²) in [6.07, 6.45) is 8.23. The maximum absolute atomic E-state index is 10.6. The van der Waals surface area contributed by atoms with E-state index in [1.807, 2.05) is 19.4 Å². The van der Waals surface area contributed by atoms with Gasteiger partial charge in [0.25, 0.3) is 0 Å². The molecule has 1 aliphatic heterocycles. The zero-order valence-electron chi connectivity index (χ0n) is 11.6. The Balaban J connectivity index is 1.66. The molecule has 106 valence electrons. The molecule has 5 heteroatoms. The first kappa shape index (κ1) is 14.1. The zero-order valence-corrected chi connectivity index (χ0v) is 11.6. The third kappa shape index (κ3) is 4.35. The van der Waals surface area contributed by atoms with Crippen molar-refractivity contribution in [3.05, 3.63) is 18.2 Å². The number of nitrogens with zero attached hydrogens (tertiary/aromatic N) is 3. The van der Waals surface area contributed by atoms with Crippen molar-refractivity contribution >= 4 is 5.97 Å². The van der Waals surface area contributed by atoms with Crippen LogP contribution in [0.1, 0.15) is 31.5 Å². The van der Waals surface area contributed by atoms with Gasteiger partial charge in [0.2, 0.25) is 0 Å². The Hall–Kier alpha value is -1.36. The van der Waals surface area contributed by atoms with Crippen LogP contribution in [-0.2, 0) is 18.3 Å². The van der Waals surface area contributed by atoms with Crippen LogP contribution in [0.25, 0.3) is 0 Å². The molecule has 2 rings (SSSR count). The average Bonchev–Trinajstić information content (AvgIpc) is 2.81. The number of hydrogen-bond acceptors (Lipinski definition) is 3. The molecule has 0 radical (unpaired) electrons. The summed E-state index contributed by atoms with van der Waals surface area (Å²) in [7, 11) is 2.03. The summed E-state index contributed by atoms with van der Waals surface area (Å²) >= 11 is 0. The topological polar surface area (TPSA) is 58.4 Å². The maximum atomic E-state index is 10.6. The Bertz CT molecular complexity index is 409. The van der Waals surface area contributed by atoms with Gasteiger partial charge in [0.15, 0.2) is 0 Å². The Kier molecular flexibility index (Phi) is 4.96. The largest absolute Gasteiger partial charge is 0.481 e. The van der Waals surface area contributed by atoms with Gasteiger partial charge in [0.05, 0.1) is 0 Å². The highest BCUT2D eigenvalue weighted by Gasteiger charge is 2.19. The lowest BCUT2D eigenvalue weighted by Crippen LogP contribution is -2.35. The van der Waals surface area contributed by atoms with Gasteiger partial charge in [0.1, 0.15) is 5.82 Å². The number of aromatic nitrogens is 2. The zero-order chi connectivity index (χ0) is 13.7. The van der Waals surface area contributed by atoms with E-state index in [4.69, 9.17) is 5.11 Å². The number of imidazole rings is 1. The van der Waals surface area contributed by atoms with E-state index in [1.54, 1.807) is 0 Å². The van der Waals surface area contributed by atoms with Crippen LogP contribution in [0, 0.1) is 5.92 Å². The Morgan fingerprint density at radius 3 is 2.79 bits per heavy atom. The van der Waals surface area contributed by atoms with Crippen LogP contribution in [0.3, 0.4) is 0 Å². The highest BCUT2D eigenvalue weighted by Crippen LogP contribution is 2.21. The first-order chi connectivity index (χ1) is 9.15. The van der Waals surface area contributed by atoms with E-state index in [-0.39, 0.29) is 0 Å². The fourth-order valence-corrected chi connectivity index (χ4v) is 2.72. The van der Waals surface area contributed by atoms with Crippen molar-refractivity contribution in [2.45, 2.75) is 32.1 Å². The van der Waals surface area contributed by atoms with E-state index in [9.17, 15) is 4.79 Å². The van der Waals surface area contributed by atoms with Gasteiger partial charge in [-0.2, -0.15) is 0 Å². The fraction of sp³-hybridized carbons (Fsp3) is 0.714. The van der Waals surface area contributed by atoms with Crippen molar-refractivity contribution in [2.24, 2.45) is 13.0 Å². The van der Waals surface area contributed by atoms with Crippen LogP contribution < -0.4 is 0 Å². The van der Waals surface area contributed by atoms with Gasteiger partial charge in [-0.15, -0.1) is 0 Å². The van der Waals surface area contributed by atoms with Crippen molar-refractivity contribution in [1.29, 1.82) is 0 Å². The molecule has 0 aromatic carbocycles. The molecule has 0 atom stereocenters. The SMILES string of the molecule is Cn1ccnc1CCN1CCC(CCC(=O)O)CC1. The van der Waals surface area contributed by atoms with Crippen molar-refractivity contribution in [3.63, 3.8) is 0 Å². The Labute approximate surface area is 114 Å². The molecule has 0 spiro atoms. The molecule has 1 aromatic rings. The Morgan fingerprint density at radius 2 is 2.21 bits per heavy atom. The molecule has 0 unspecified atom stereocenters. The summed E-state index contributed by atoms with van der Waals surface area (Å²) in [5, 5.41) is 8.69. The number of carbonyl (C=O) groups is 1. The van der Waals surface area contributed by atoms with Crippen LogP contribution in [0.15, 0.2) is 12.4 Å². The summed E-state index contributed by atoms with van der Waals surface area (Å²) in [5.41, 5.74) is 0. The third-order valence-corrected chi connectivity index (χ3v) is 4.05. The molecule has 2 heterocycles. The monoisotopic (exact) mass is 265 g/mol. The lowest BCUT2D eigenvalue weighted by Gasteiger charge is -2.31. The van der Waals surface area contributed by atoms with Crippen molar-refractivity contribution in [2.75, 3.05) is 19.6 Å². The van der Waals surface area contributed by atoms with E-state index in [2.05, 4.69) is 14.5 Å². The van der Waals surface area contributed by atoms with Gasteiger partial charge >= 0.3 is 5.97 Å². The van der Waals surface area contributed by atoms with Crippen LogP contribution >= 0.6 is 0 Å². The van der Waals surface area contributed by atoms with E-state index in [1.165, 1.54) is 0 Å². The van der Waals surface area contributed by atoms with Gasteiger partial charge in [-0.25, -0.2) is 4.98 Å². The van der Waals surface area contributed by atoms with E-state index < -0.39 is 5.97 Å². The summed E-state index contributed by atoms with van der Waals surface area (Å²) in [6.45, 7) is 3.24. The van der Waals surface area contributed by atoms with E-state index >= 15 is 0 Å². The number of hydrogen-bond donors (Lipinski definition) is 1. The maximum Gasteiger partial charge on any atom is 0.303 e. The average molecular weight is 265 g/mol. The smallest absolute Gasteiger partial charge is 0.303 e. The molecule has 0 bridgehead atoms. The number of aryl methyl sites for hydroxylation is 1. The van der Waals surface area contributed by atoms with Gasteiger partial charge in [-0.1, -0.05) is 0 Å². The molecular formula is C14H23N3O2. The van der Waals surface area contributed by atoms with Crippen molar-refractivity contribution in [1.82, 2.24) is 14.5 Å². The minimum Gasteiger partial charge on any atom is -0.481 e. The first-order valence-corrected chi connectivity index (χ1v) is 7.05. The van der Waals surface area contributed by atoms with Gasteiger partial charge in [-0.05, 0) is 38.3 Å². The van der Waals surface area contributed by atoms with Crippen molar-refractivity contribution in [3.8, 4) is 0 Å². The molecule has 1 aliphatic rings. The highest BCUT2D eigenvalue weighted by atomic mass is 16.4. The van der Waals surface area contributed by atoms with Crippen LogP contribution in [0.4, 0.5) is 0 Å². The number of carboxylic acids is 1. The molecule has 0 aliphatic carbocycles. The Morgan fingerprint density at radius 1 is 1.47 bits per heavy atom. The van der Waals surface area contributed by atoms with Crippen LogP contribution in [0.5, 0.6) is 0 Å². The van der Waals surface area contributed by atoms with Gasteiger partial charge in [0, 0.05) is 38.8 Å². The summed E-state index contributed by atoms with van der Waals surface area (Å²) < 4.78 is 2.07. The number of rotatable bonds is 6. The molecular weight excluding hydrogens is 242 g/mol. The predicted molar refractivity (Wildman–Crippen MR) is 72.9 cm³/mol. The second-order valence-corrected chi connectivity index (χ2v) is 5.42.